The molecule has 0 bridgehead atoms. The van der Waals surface area contributed by atoms with Gasteiger partial charge in [0, 0.05) is 18.7 Å². The molecule has 27 heavy (non-hydrogen) atoms. The average Bonchev–Trinajstić information content (AvgIpc) is 2.65. The van der Waals surface area contributed by atoms with Gasteiger partial charge in [0.15, 0.2) is 0 Å². The molecule has 0 spiro atoms. The van der Waals surface area contributed by atoms with Crippen LogP contribution in [-0.2, 0) is 21.2 Å². The normalized spacial score (nSPS) is 11.1. The van der Waals surface area contributed by atoms with Gasteiger partial charge in [-0.25, -0.2) is 8.42 Å². The minimum Gasteiger partial charge on any atom is -0.497 e. The Kier molecular flexibility index (Phi) is 7.24. The third-order valence-electron chi connectivity index (χ3n) is 4.17. The molecule has 2 rings (SSSR count). The number of methoxy groups -OCH3 is 1. The van der Waals surface area contributed by atoms with Crippen molar-refractivity contribution in [2.45, 2.75) is 26.2 Å². The lowest BCUT2D eigenvalue weighted by Gasteiger charge is -2.22. The molecule has 1 amide bonds. The summed E-state index contributed by atoms with van der Waals surface area (Å²) >= 11 is 0. The van der Waals surface area contributed by atoms with Crippen LogP contribution in [-0.4, -0.2) is 34.2 Å². The highest BCUT2D eigenvalue weighted by Gasteiger charge is 2.17. The number of nitrogens with zero attached hydrogens (tertiary/aromatic N) is 1. The van der Waals surface area contributed by atoms with Crippen LogP contribution in [0.5, 0.6) is 5.75 Å². The lowest BCUT2D eigenvalue weighted by atomic mass is 10.1. The van der Waals surface area contributed by atoms with Crippen LogP contribution in [0.3, 0.4) is 0 Å². The molecule has 2 aromatic rings. The summed E-state index contributed by atoms with van der Waals surface area (Å²) in [5.74, 6) is 0.556. The lowest BCUT2D eigenvalue weighted by Crippen LogP contribution is -2.31. The predicted molar refractivity (Wildman–Crippen MR) is 109 cm³/mol. The van der Waals surface area contributed by atoms with Crippen molar-refractivity contribution in [2.75, 3.05) is 29.5 Å². The SMILES string of the molecule is CCc1ccc(N(CCCC(=O)Nc2ccc(OC)cc2)S(C)(=O)=O)cc1. The van der Waals surface area contributed by atoms with E-state index in [1.807, 2.05) is 19.1 Å². The molecule has 7 heteroatoms. The maximum Gasteiger partial charge on any atom is 0.232 e. The van der Waals surface area contributed by atoms with Crippen LogP contribution in [0.25, 0.3) is 0 Å². The topological polar surface area (TPSA) is 75.7 Å². The van der Waals surface area contributed by atoms with E-state index in [-0.39, 0.29) is 18.9 Å². The second kappa shape index (κ2) is 9.41. The molecule has 6 nitrogen and oxygen atoms in total. The molecule has 0 fully saturated rings. The minimum atomic E-state index is -3.41. The average molecular weight is 391 g/mol. The highest BCUT2D eigenvalue weighted by molar-refractivity contribution is 7.92. The Morgan fingerprint density at radius 1 is 1.07 bits per heavy atom. The van der Waals surface area contributed by atoms with Crippen molar-refractivity contribution >= 4 is 27.3 Å². The van der Waals surface area contributed by atoms with Crippen LogP contribution in [0.1, 0.15) is 25.3 Å². The molecule has 0 aliphatic rings. The fourth-order valence-corrected chi connectivity index (χ4v) is 3.63. The molecule has 2 aromatic carbocycles. The number of hydrogen-bond donors (Lipinski definition) is 1. The number of amides is 1. The van der Waals surface area contributed by atoms with E-state index in [1.165, 1.54) is 10.6 Å². The second-order valence-electron chi connectivity index (χ2n) is 6.24. The summed E-state index contributed by atoms with van der Waals surface area (Å²) in [4.78, 5) is 12.1. The van der Waals surface area contributed by atoms with E-state index >= 15 is 0 Å². The number of rotatable bonds is 9. The Morgan fingerprint density at radius 2 is 1.70 bits per heavy atom. The lowest BCUT2D eigenvalue weighted by molar-refractivity contribution is -0.116. The van der Waals surface area contributed by atoms with Gasteiger partial charge in [-0.3, -0.25) is 9.10 Å². The van der Waals surface area contributed by atoms with Gasteiger partial charge in [-0.05, 0) is 54.8 Å². The number of carbonyl (C=O) groups is 1. The summed E-state index contributed by atoms with van der Waals surface area (Å²) < 4.78 is 30.7. The molecule has 0 heterocycles. The number of aryl methyl sites for hydroxylation is 1. The largest absolute Gasteiger partial charge is 0.497 e. The monoisotopic (exact) mass is 390 g/mol. The van der Waals surface area contributed by atoms with Gasteiger partial charge in [0.1, 0.15) is 5.75 Å². The molecular formula is C20H26N2O4S. The molecule has 0 saturated carbocycles. The Labute approximate surface area is 161 Å². The summed E-state index contributed by atoms with van der Waals surface area (Å²) in [5.41, 5.74) is 2.44. The van der Waals surface area contributed by atoms with Crippen LogP contribution >= 0.6 is 0 Å². The first-order valence-corrected chi connectivity index (χ1v) is 10.7. The van der Waals surface area contributed by atoms with Gasteiger partial charge < -0.3 is 10.1 Å². The van der Waals surface area contributed by atoms with E-state index in [2.05, 4.69) is 5.32 Å². The van der Waals surface area contributed by atoms with E-state index < -0.39 is 10.0 Å². The molecule has 146 valence electrons. The summed E-state index contributed by atoms with van der Waals surface area (Å²) in [6, 6.07) is 14.5. The summed E-state index contributed by atoms with van der Waals surface area (Å²) in [7, 11) is -1.83. The Hall–Kier alpha value is -2.54. The van der Waals surface area contributed by atoms with Gasteiger partial charge in [-0.2, -0.15) is 0 Å². The highest BCUT2D eigenvalue weighted by Crippen LogP contribution is 2.20. The summed E-state index contributed by atoms with van der Waals surface area (Å²) in [6.07, 6.45) is 2.72. The quantitative estimate of drug-likeness (QED) is 0.712. The van der Waals surface area contributed by atoms with Crippen molar-refractivity contribution in [2.24, 2.45) is 0 Å². The molecule has 1 N–H and O–H groups in total. The van der Waals surface area contributed by atoms with Gasteiger partial charge in [0.2, 0.25) is 15.9 Å². The summed E-state index contributed by atoms with van der Waals surface area (Å²) in [6.45, 7) is 2.30. The maximum absolute atomic E-state index is 12.1. The predicted octanol–water partition coefficient (Wildman–Crippen LogP) is 3.44. The number of carbonyl (C=O) groups excluding carboxylic acids is 1. The number of anilines is 2. The fourth-order valence-electron chi connectivity index (χ4n) is 2.67. The van der Waals surface area contributed by atoms with Crippen molar-refractivity contribution in [3.63, 3.8) is 0 Å². The van der Waals surface area contributed by atoms with Crippen molar-refractivity contribution in [3.8, 4) is 5.75 Å². The van der Waals surface area contributed by atoms with Crippen LogP contribution in [0.4, 0.5) is 11.4 Å². The van der Waals surface area contributed by atoms with Crippen molar-refractivity contribution < 1.29 is 17.9 Å². The smallest absolute Gasteiger partial charge is 0.232 e. The Bertz CT molecular complexity index is 847. The third kappa shape index (κ3) is 6.29. The van der Waals surface area contributed by atoms with Crippen LogP contribution in [0, 0.1) is 0 Å². The van der Waals surface area contributed by atoms with Crippen LogP contribution < -0.4 is 14.4 Å². The Morgan fingerprint density at radius 3 is 2.22 bits per heavy atom. The number of sulfonamides is 1. The molecule has 0 atom stereocenters. The number of hydrogen-bond acceptors (Lipinski definition) is 4. The second-order valence-corrected chi connectivity index (χ2v) is 8.14. The van der Waals surface area contributed by atoms with Crippen molar-refractivity contribution in [1.82, 2.24) is 0 Å². The van der Waals surface area contributed by atoms with Crippen LogP contribution in [0.2, 0.25) is 0 Å². The standard InChI is InChI=1S/C20H26N2O4S/c1-4-16-7-11-18(12-8-16)22(27(3,24)25)15-5-6-20(23)21-17-9-13-19(26-2)14-10-17/h7-14H,4-6,15H2,1-3H3,(H,21,23). The van der Waals surface area contributed by atoms with E-state index in [1.54, 1.807) is 43.5 Å². The fraction of sp³-hybridized carbons (Fsp3) is 0.350. The maximum atomic E-state index is 12.1. The van der Waals surface area contributed by atoms with E-state index in [0.29, 0.717) is 23.5 Å². The number of benzene rings is 2. The van der Waals surface area contributed by atoms with Gasteiger partial charge in [0.05, 0.1) is 19.1 Å². The number of ether oxygens (including phenoxy) is 1. The highest BCUT2D eigenvalue weighted by atomic mass is 32.2. The first-order chi connectivity index (χ1) is 12.8. The number of nitrogens with one attached hydrogen (secondary N) is 1. The Balaban J connectivity index is 1.93. The zero-order chi connectivity index (χ0) is 19.9. The molecule has 0 aromatic heterocycles. The van der Waals surface area contributed by atoms with E-state index in [4.69, 9.17) is 4.74 Å². The van der Waals surface area contributed by atoms with Gasteiger partial charge in [-0.15, -0.1) is 0 Å². The van der Waals surface area contributed by atoms with Crippen molar-refractivity contribution in [3.05, 3.63) is 54.1 Å². The molecule has 0 radical (unpaired) electrons. The zero-order valence-corrected chi connectivity index (χ0v) is 16.8. The van der Waals surface area contributed by atoms with Gasteiger partial charge in [0.25, 0.3) is 0 Å². The van der Waals surface area contributed by atoms with E-state index in [9.17, 15) is 13.2 Å². The van der Waals surface area contributed by atoms with Crippen LogP contribution in [0.15, 0.2) is 48.5 Å². The molecule has 0 saturated heterocycles. The van der Waals surface area contributed by atoms with Gasteiger partial charge in [-0.1, -0.05) is 19.1 Å². The van der Waals surface area contributed by atoms with E-state index in [0.717, 1.165) is 12.0 Å². The van der Waals surface area contributed by atoms with Crippen molar-refractivity contribution in [1.29, 1.82) is 0 Å². The first-order valence-electron chi connectivity index (χ1n) is 8.84. The zero-order valence-electron chi connectivity index (χ0n) is 15.9. The molecule has 0 aliphatic carbocycles. The molecule has 0 aliphatic heterocycles. The summed E-state index contributed by atoms with van der Waals surface area (Å²) in [5, 5.41) is 2.80. The minimum absolute atomic E-state index is 0.157. The first kappa shape index (κ1) is 20.8. The third-order valence-corrected chi connectivity index (χ3v) is 5.37. The van der Waals surface area contributed by atoms with Gasteiger partial charge >= 0.3 is 0 Å². The molecular weight excluding hydrogens is 364 g/mol. The molecule has 0 unspecified atom stereocenters.